The number of rotatable bonds is 6. The monoisotopic (exact) mass is 470 g/mol. The zero-order chi connectivity index (χ0) is 21.2. The van der Waals surface area contributed by atoms with Gasteiger partial charge in [0.15, 0.2) is 0 Å². The molecule has 0 fully saturated rings. The van der Waals surface area contributed by atoms with Crippen LogP contribution in [0.15, 0.2) is 54.6 Å². The smallest absolute Gasteiger partial charge is 0.386 e. The highest BCUT2D eigenvalue weighted by molar-refractivity contribution is 7.49. The van der Waals surface area contributed by atoms with Crippen molar-refractivity contribution in [3.05, 3.63) is 86.4 Å². The molecule has 0 N–H and O–H groups in total. The van der Waals surface area contributed by atoms with Gasteiger partial charge in [0.2, 0.25) is 0 Å². The first-order valence-electron chi connectivity index (χ1n) is 8.62. The molecule has 3 aromatic rings. The summed E-state index contributed by atoms with van der Waals surface area (Å²) in [4.78, 5) is 0. The molecule has 8 heteroatoms. The molecule has 29 heavy (non-hydrogen) atoms. The van der Waals surface area contributed by atoms with Crippen molar-refractivity contribution in [2.24, 2.45) is 0 Å². The van der Waals surface area contributed by atoms with Gasteiger partial charge in [-0.05, 0) is 73.9 Å². The summed E-state index contributed by atoms with van der Waals surface area (Å²) >= 11 is 18.5. The van der Waals surface area contributed by atoms with Crippen molar-refractivity contribution >= 4 is 42.6 Å². The van der Waals surface area contributed by atoms with Crippen molar-refractivity contribution in [2.75, 3.05) is 0 Å². The standard InChI is InChI=1S/C21H18Cl3O4P/c1-13-4-7-16(10-19(13)22)26-29(25,27-17-8-5-14(2)20(23)11-17)28-18-9-6-15(3)21(24)12-18/h4-12H,1-3H3. The summed E-state index contributed by atoms with van der Waals surface area (Å²) in [6.45, 7) is 5.55. The van der Waals surface area contributed by atoms with Crippen LogP contribution in [0.1, 0.15) is 16.7 Å². The molecule has 0 atom stereocenters. The molecule has 3 rings (SSSR count). The zero-order valence-electron chi connectivity index (χ0n) is 15.9. The highest BCUT2D eigenvalue weighted by Gasteiger charge is 2.33. The van der Waals surface area contributed by atoms with Crippen molar-refractivity contribution in [1.82, 2.24) is 0 Å². The number of benzene rings is 3. The lowest BCUT2D eigenvalue weighted by molar-refractivity contribution is 0.298. The number of phosphoric acid groups is 1. The van der Waals surface area contributed by atoms with E-state index in [1.165, 1.54) is 0 Å². The van der Waals surface area contributed by atoms with Crippen LogP contribution in [0.2, 0.25) is 15.1 Å². The van der Waals surface area contributed by atoms with Gasteiger partial charge < -0.3 is 13.6 Å². The molecule has 0 unspecified atom stereocenters. The molecule has 0 radical (unpaired) electrons. The molecule has 3 aromatic carbocycles. The summed E-state index contributed by atoms with van der Waals surface area (Å²) in [6.07, 6.45) is 0. The van der Waals surface area contributed by atoms with E-state index in [9.17, 15) is 4.57 Å². The summed E-state index contributed by atoms with van der Waals surface area (Å²) in [7, 11) is -4.17. The molecule has 152 valence electrons. The normalized spacial score (nSPS) is 11.2. The number of hydrogen-bond donors (Lipinski definition) is 0. The minimum absolute atomic E-state index is 0.236. The Balaban J connectivity index is 1.96. The second-order valence-corrected chi connectivity index (χ2v) is 9.12. The SMILES string of the molecule is Cc1ccc(OP(=O)(Oc2ccc(C)c(Cl)c2)Oc2ccc(C)c(Cl)c2)cc1Cl. The average Bonchev–Trinajstić information content (AvgIpc) is 2.64. The minimum Gasteiger partial charge on any atom is -0.386 e. The van der Waals surface area contributed by atoms with Crippen LogP contribution in [-0.4, -0.2) is 0 Å². The van der Waals surface area contributed by atoms with E-state index in [0.29, 0.717) is 15.1 Å². The lowest BCUT2D eigenvalue weighted by Gasteiger charge is -2.20. The largest absolute Gasteiger partial charge is 0.647 e. The summed E-state index contributed by atoms with van der Waals surface area (Å²) in [6, 6.07) is 14.7. The van der Waals surface area contributed by atoms with Gasteiger partial charge in [-0.25, -0.2) is 0 Å². The Morgan fingerprint density at radius 3 is 1.10 bits per heavy atom. The van der Waals surface area contributed by atoms with E-state index >= 15 is 0 Å². The van der Waals surface area contributed by atoms with Crippen LogP contribution in [0.25, 0.3) is 0 Å². The predicted molar refractivity (Wildman–Crippen MR) is 118 cm³/mol. The molecule has 0 aromatic heterocycles. The molecule has 0 aliphatic heterocycles. The van der Waals surface area contributed by atoms with Crippen molar-refractivity contribution in [3.63, 3.8) is 0 Å². The van der Waals surface area contributed by atoms with E-state index in [1.54, 1.807) is 54.6 Å². The highest BCUT2D eigenvalue weighted by Crippen LogP contribution is 2.50. The third-order valence-electron chi connectivity index (χ3n) is 4.08. The quantitative estimate of drug-likeness (QED) is 0.340. The minimum atomic E-state index is -4.17. The molecule has 4 nitrogen and oxygen atoms in total. The van der Waals surface area contributed by atoms with Gasteiger partial charge in [0.1, 0.15) is 17.2 Å². The van der Waals surface area contributed by atoms with Gasteiger partial charge in [-0.2, -0.15) is 4.57 Å². The van der Waals surface area contributed by atoms with E-state index in [2.05, 4.69) is 0 Å². The van der Waals surface area contributed by atoms with Crippen molar-refractivity contribution in [2.45, 2.75) is 20.8 Å². The maximum Gasteiger partial charge on any atom is 0.647 e. The molecule has 0 bridgehead atoms. The van der Waals surface area contributed by atoms with E-state index in [0.717, 1.165) is 16.7 Å². The summed E-state index contributed by atoms with van der Waals surface area (Å²) in [5.74, 6) is 0.709. The van der Waals surface area contributed by atoms with Crippen LogP contribution in [0.3, 0.4) is 0 Å². The van der Waals surface area contributed by atoms with Crippen LogP contribution in [-0.2, 0) is 4.57 Å². The summed E-state index contributed by atoms with van der Waals surface area (Å²) in [5, 5.41) is 1.39. The maximum atomic E-state index is 13.5. The molecular weight excluding hydrogens is 454 g/mol. The Hall–Kier alpha value is -1.84. The Kier molecular flexibility index (Phi) is 6.70. The fourth-order valence-corrected chi connectivity index (χ4v) is 4.07. The molecule has 0 saturated heterocycles. The third-order valence-corrected chi connectivity index (χ3v) is 6.61. The first-order chi connectivity index (χ1) is 13.6. The van der Waals surface area contributed by atoms with Crippen molar-refractivity contribution in [1.29, 1.82) is 0 Å². The lowest BCUT2D eigenvalue weighted by Crippen LogP contribution is -2.08. The van der Waals surface area contributed by atoms with Crippen molar-refractivity contribution < 1.29 is 18.1 Å². The van der Waals surface area contributed by atoms with Gasteiger partial charge in [0.05, 0.1) is 0 Å². The highest BCUT2D eigenvalue weighted by atomic mass is 35.5. The molecule has 0 saturated carbocycles. The predicted octanol–water partition coefficient (Wildman–Crippen LogP) is 8.22. The molecule has 0 heterocycles. The first-order valence-corrected chi connectivity index (χ1v) is 11.2. The molecule has 0 spiro atoms. The molecule has 0 aliphatic carbocycles. The Labute approximate surface area is 184 Å². The van der Waals surface area contributed by atoms with Crippen molar-refractivity contribution in [3.8, 4) is 17.2 Å². The average molecular weight is 472 g/mol. The topological polar surface area (TPSA) is 44.8 Å². The van der Waals surface area contributed by atoms with Crippen LogP contribution >= 0.6 is 42.6 Å². The van der Waals surface area contributed by atoms with Crippen LogP contribution in [0.5, 0.6) is 17.2 Å². The second kappa shape index (κ2) is 8.89. The van der Waals surface area contributed by atoms with E-state index in [4.69, 9.17) is 48.4 Å². The number of halogens is 3. The first kappa shape index (κ1) is 21.9. The number of hydrogen-bond acceptors (Lipinski definition) is 4. The number of phosphoric ester groups is 1. The fraction of sp³-hybridized carbons (Fsp3) is 0.143. The van der Waals surface area contributed by atoms with Crippen LogP contribution < -0.4 is 13.6 Å². The van der Waals surface area contributed by atoms with Crippen LogP contribution in [0.4, 0.5) is 0 Å². The summed E-state index contributed by atoms with van der Waals surface area (Å²) < 4.78 is 30.4. The lowest BCUT2D eigenvalue weighted by atomic mass is 10.2. The van der Waals surface area contributed by atoms with Gasteiger partial charge in [-0.15, -0.1) is 0 Å². The van der Waals surface area contributed by atoms with Gasteiger partial charge in [-0.1, -0.05) is 53.0 Å². The van der Waals surface area contributed by atoms with Gasteiger partial charge in [-0.3, -0.25) is 0 Å². The van der Waals surface area contributed by atoms with Gasteiger partial charge in [0.25, 0.3) is 0 Å². The maximum absolute atomic E-state index is 13.5. The Morgan fingerprint density at radius 2 is 0.862 bits per heavy atom. The summed E-state index contributed by atoms with van der Waals surface area (Å²) in [5.41, 5.74) is 2.56. The number of aryl methyl sites for hydroxylation is 3. The van der Waals surface area contributed by atoms with Crippen LogP contribution in [0, 0.1) is 20.8 Å². The van der Waals surface area contributed by atoms with E-state index in [-0.39, 0.29) is 17.2 Å². The second-order valence-electron chi connectivity index (χ2n) is 6.45. The van der Waals surface area contributed by atoms with E-state index in [1.807, 2.05) is 20.8 Å². The Morgan fingerprint density at radius 1 is 0.586 bits per heavy atom. The fourth-order valence-electron chi connectivity index (χ4n) is 2.33. The molecular formula is C21H18Cl3O4P. The van der Waals surface area contributed by atoms with E-state index < -0.39 is 7.82 Å². The van der Waals surface area contributed by atoms with Gasteiger partial charge in [0, 0.05) is 15.1 Å². The molecule has 0 amide bonds. The van der Waals surface area contributed by atoms with Gasteiger partial charge >= 0.3 is 7.82 Å². The zero-order valence-corrected chi connectivity index (χ0v) is 19.1. The molecule has 0 aliphatic rings. The third kappa shape index (κ3) is 5.61. The Bertz CT molecular complexity index is 965.